The van der Waals surface area contributed by atoms with E-state index in [1.165, 1.54) is 0 Å². The van der Waals surface area contributed by atoms with Gasteiger partial charge >= 0.3 is 0 Å². The molecule has 0 aromatic rings. The van der Waals surface area contributed by atoms with Crippen molar-refractivity contribution in [2.75, 3.05) is 6.54 Å². The van der Waals surface area contributed by atoms with Gasteiger partial charge in [0.05, 0.1) is 0 Å². The van der Waals surface area contributed by atoms with Crippen LogP contribution in [0.1, 0.15) is 34.1 Å². The predicted molar refractivity (Wildman–Crippen MR) is 47.3 cm³/mol. The standard InChI is InChI=1S/C9H19NO/c1-7(11)8(6-10)5-9(2,3)4/h8H,5-6,10H2,1-4H3/t8-/m0/s1. The highest BCUT2D eigenvalue weighted by Crippen LogP contribution is 2.24. The minimum Gasteiger partial charge on any atom is -0.330 e. The summed E-state index contributed by atoms with van der Waals surface area (Å²) in [6.45, 7) is 8.46. The van der Waals surface area contributed by atoms with E-state index in [9.17, 15) is 4.79 Å². The number of carbonyl (C=O) groups excluding carboxylic acids is 1. The van der Waals surface area contributed by atoms with Crippen LogP contribution in [0.2, 0.25) is 0 Å². The normalized spacial score (nSPS) is 14.6. The van der Waals surface area contributed by atoms with Gasteiger partial charge in [-0.2, -0.15) is 0 Å². The van der Waals surface area contributed by atoms with Crippen molar-refractivity contribution in [2.24, 2.45) is 17.1 Å². The third-order valence-corrected chi connectivity index (χ3v) is 1.72. The van der Waals surface area contributed by atoms with E-state index in [0.29, 0.717) is 6.54 Å². The average Bonchev–Trinajstić information content (AvgIpc) is 1.80. The monoisotopic (exact) mass is 157 g/mol. The second-order valence-corrected chi connectivity index (χ2v) is 4.31. The number of carbonyl (C=O) groups is 1. The van der Waals surface area contributed by atoms with Crippen molar-refractivity contribution in [2.45, 2.75) is 34.1 Å². The number of ketones is 1. The summed E-state index contributed by atoms with van der Waals surface area (Å²) in [7, 11) is 0. The Kier molecular flexibility index (Phi) is 3.73. The molecule has 0 bridgehead atoms. The van der Waals surface area contributed by atoms with E-state index in [4.69, 9.17) is 5.73 Å². The van der Waals surface area contributed by atoms with Crippen molar-refractivity contribution in [1.82, 2.24) is 0 Å². The fourth-order valence-electron chi connectivity index (χ4n) is 1.13. The number of hydrogen-bond acceptors (Lipinski definition) is 2. The summed E-state index contributed by atoms with van der Waals surface area (Å²) in [5.41, 5.74) is 5.66. The molecular formula is C9H19NO. The first-order valence-corrected chi connectivity index (χ1v) is 4.07. The molecule has 0 saturated heterocycles. The van der Waals surface area contributed by atoms with Crippen molar-refractivity contribution < 1.29 is 4.79 Å². The van der Waals surface area contributed by atoms with Crippen LogP contribution < -0.4 is 5.73 Å². The minimum atomic E-state index is 0.0509. The molecule has 0 unspecified atom stereocenters. The molecule has 0 heterocycles. The van der Waals surface area contributed by atoms with E-state index in [1.807, 2.05) is 0 Å². The average molecular weight is 157 g/mol. The van der Waals surface area contributed by atoms with Crippen LogP contribution in [0.25, 0.3) is 0 Å². The van der Waals surface area contributed by atoms with Gasteiger partial charge in [0.25, 0.3) is 0 Å². The lowest BCUT2D eigenvalue weighted by atomic mass is 9.83. The highest BCUT2D eigenvalue weighted by atomic mass is 16.1. The molecule has 0 amide bonds. The smallest absolute Gasteiger partial charge is 0.134 e. The lowest BCUT2D eigenvalue weighted by Crippen LogP contribution is -2.26. The van der Waals surface area contributed by atoms with E-state index < -0.39 is 0 Å². The highest BCUT2D eigenvalue weighted by molar-refractivity contribution is 5.78. The molecule has 66 valence electrons. The molecule has 0 rings (SSSR count). The highest BCUT2D eigenvalue weighted by Gasteiger charge is 2.20. The van der Waals surface area contributed by atoms with Crippen molar-refractivity contribution in [3.8, 4) is 0 Å². The molecule has 0 aliphatic carbocycles. The van der Waals surface area contributed by atoms with Crippen LogP contribution in [0.4, 0.5) is 0 Å². The van der Waals surface area contributed by atoms with E-state index in [1.54, 1.807) is 6.92 Å². The lowest BCUT2D eigenvalue weighted by Gasteiger charge is -2.22. The molecule has 1 atom stereocenters. The molecule has 2 N–H and O–H groups in total. The van der Waals surface area contributed by atoms with Crippen molar-refractivity contribution in [1.29, 1.82) is 0 Å². The van der Waals surface area contributed by atoms with Gasteiger partial charge in [-0.3, -0.25) is 4.79 Å². The molecule has 0 spiro atoms. The SMILES string of the molecule is CC(=O)[C@H](CN)CC(C)(C)C. The minimum absolute atomic E-state index is 0.0509. The molecule has 0 aromatic heterocycles. The quantitative estimate of drug-likeness (QED) is 0.676. The predicted octanol–water partition coefficient (Wildman–Crippen LogP) is 1.59. The molecule has 0 aliphatic heterocycles. The third-order valence-electron chi connectivity index (χ3n) is 1.72. The Bertz CT molecular complexity index is 135. The number of hydrogen-bond donors (Lipinski definition) is 1. The Labute approximate surface area is 69.2 Å². The summed E-state index contributed by atoms with van der Waals surface area (Å²) < 4.78 is 0. The maximum absolute atomic E-state index is 11.0. The number of Topliss-reactive ketones (excluding diaryl/α,β-unsaturated/α-hetero) is 1. The first kappa shape index (κ1) is 10.6. The van der Waals surface area contributed by atoms with Crippen LogP contribution in [0.15, 0.2) is 0 Å². The van der Waals surface area contributed by atoms with Gasteiger partial charge in [0.2, 0.25) is 0 Å². The Morgan fingerprint density at radius 1 is 1.45 bits per heavy atom. The summed E-state index contributed by atoms with van der Waals surface area (Å²) >= 11 is 0. The van der Waals surface area contributed by atoms with Gasteiger partial charge in [0, 0.05) is 12.5 Å². The molecule has 0 aromatic carbocycles. The zero-order valence-electron chi connectivity index (χ0n) is 7.98. The third kappa shape index (κ3) is 4.96. The summed E-state index contributed by atoms with van der Waals surface area (Å²) in [6.07, 6.45) is 0.888. The largest absolute Gasteiger partial charge is 0.330 e. The zero-order valence-corrected chi connectivity index (χ0v) is 7.98. The Balaban J connectivity index is 3.99. The fourth-order valence-corrected chi connectivity index (χ4v) is 1.13. The van der Waals surface area contributed by atoms with Crippen LogP contribution in [0, 0.1) is 11.3 Å². The molecule has 0 fully saturated rings. The van der Waals surface area contributed by atoms with E-state index in [0.717, 1.165) is 6.42 Å². The van der Waals surface area contributed by atoms with E-state index in [-0.39, 0.29) is 17.1 Å². The second-order valence-electron chi connectivity index (χ2n) is 4.31. The zero-order chi connectivity index (χ0) is 9.07. The van der Waals surface area contributed by atoms with Gasteiger partial charge in [-0.15, -0.1) is 0 Å². The van der Waals surface area contributed by atoms with Gasteiger partial charge in [-0.1, -0.05) is 20.8 Å². The summed E-state index contributed by atoms with van der Waals surface area (Å²) in [5, 5.41) is 0. The molecule has 0 aliphatic rings. The van der Waals surface area contributed by atoms with Gasteiger partial charge in [-0.25, -0.2) is 0 Å². The molecule has 2 heteroatoms. The van der Waals surface area contributed by atoms with Gasteiger partial charge in [0.15, 0.2) is 0 Å². The second kappa shape index (κ2) is 3.86. The van der Waals surface area contributed by atoms with Gasteiger partial charge < -0.3 is 5.73 Å². The van der Waals surface area contributed by atoms with Crippen LogP contribution in [0.5, 0.6) is 0 Å². The van der Waals surface area contributed by atoms with Crippen LogP contribution in [-0.2, 0) is 4.79 Å². The fraction of sp³-hybridized carbons (Fsp3) is 0.889. The summed E-state index contributed by atoms with van der Waals surface area (Å²) in [6, 6.07) is 0. The van der Waals surface area contributed by atoms with E-state index >= 15 is 0 Å². The molecular weight excluding hydrogens is 138 g/mol. The Morgan fingerprint density at radius 3 is 2.00 bits per heavy atom. The Morgan fingerprint density at radius 2 is 1.91 bits per heavy atom. The first-order chi connectivity index (χ1) is 4.87. The van der Waals surface area contributed by atoms with Crippen LogP contribution in [-0.4, -0.2) is 12.3 Å². The van der Waals surface area contributed by atoms with Crippen molar-refractivity contribution in [3.05, 3.63) is 0 Å². The number of nitrogens with two attached hydrogens (primary N) is 1. The van der Waals surface area contributed by atoms with E-state index in [2.05, 4.69) is 20.8 Å². The van der Waals surface area contributed by atoms with Crippen molar-refractivity contribution in [3.63, 3.8) is 0 Å². The maximum Gasteiger partial charge on any atom is 0.134 e. The lowest BCUT2D eigenvalue weighted by molar-refractivity contribution is -0.121. The van der Waals surface area contributed by atoms with Gasteiger partial charge in [-0.05, 0) is 18.8 Å². The molecule has 0 saturated carbocycles. The van der Waals surface area contributed by atoms with Crippen LogP contribution in [0.3, 0.4) is 0 Å². The molecule has 2 nitrogen and oxygen atoms in total. The molecule has 0 radical (unpaired) electrons. The summed E-state index contributed by atoms with van der Waals surface area (Å²) in [5.74, 6) is 0.262. The molecule has 11 heavy (non-hydrogen) atoms. The topological polar surface area (TPSA) is 43.1 Å². The van der Waals surface area contributed by atoms with Gasteiger partial charge in [0.1, 0.15) is 5.78 Å². The first-order valence-electron chi connectivity index (χ1n) is 4.07. The van der Waals surface area contributed by atoms with Crippen LogP contribution >= 0.6 is 0 Å². The maximum atomic E-state index is 11.0. The Hall–Kier alpha value is -0.370. The number of rotatable bonds is 3. The summed E-state index contributed by atoms with van der Waals surface area (Å²) in [4.78, 5) is 11.0. The van der Waals surface area contributed by atoms with Crippen molar-refractivity contribution >= 4 is 5.78 Å².